The van der Waals surface area contributed by atoms with E-state index < -0.39 is 27.5 Å². The second-order valence-corrected chi connectivity index (χ2v) is 6.29. The highest BCUT2D eigenvalue weighted by Gasteiger charge is 2.16. The lowest BCUT2D eigenvalue weighted by molar-refractivity contribution is -0.118. The number of rotatable bonds is 6. The second-order valence-electron chi connectivity index (χ2n) is 3.94. The Kier molecular flexibility index (Phi) is 4.71. The molecule has 0 fully saturated rings. The van der Waals surface area contributed by atoms with Crippen LogP contribution in [0.15, 0.2) is 10.5 Å². The predicted octanol–water partition coefficient (Wildman–Crippen LogP) is 0.337. The number of sulfone groups is 1. The average Bonchev–Trinajstić information content (AvgIpc) is 2.67. The van der Waals surface area contributed by atoms with Crippen LogP contribution in [0.5, 0.6) is 0 Å². The molecule has 106 valence electrons. The highest BCUT2D eigenvalue weighted by Crippen LogP contribution is 2.14. The summed E-state index contributed by atoms with van der Waals surface area (Å²) in [5.74, 6) is -1.96. The summed E-state index contributed by atoms with van der Waals surface area (Å²) in [6.07, 6.45) is 0. The maximum absolute atomic E-state index is 11.4. The molecule has 0 unspecified atom stereocenters. The van der Waals surface area contributed by atoms with Crippen LogP contribution in [-0.2, 0) is 21.2 Å². The van der Waals surface area contributed by atoms with Crippen molar-refractivity contribution in [1.82, 2.24) is 5.32 Å². The molecule has 0 spiro atoms. The molecular formula is C11H15NO6S. The van der Waals surface area contributed by atoms with Gasteiger partial charge in [0, 0.05) is 5.75 Å². The number of hydrogen-bond acceptors (Lipinski definition) is 5. The number of carboxylic acids is 1. The molecule has 1 rings (SSSR count). The summed E-state index contributed by atoms with van der Waals surface area (Å²) in [5, 5.41) is 11.2. The zero-order chi connectivity index (χ0) is 14.6. The van der Waals surface area contributed by atoms with E-state index in [1.165, 1.54) is 19.9 Å². The largest absolute Gasteiger partial charge is 0.478 e. The minimum atomic E-state index is -3.38. The number of hydrogen-bond donors (Lipinski definition) is 2. The van der Waals surface area contributed by atoms with E-state index in [2.05, 4.69) is 5.32 Å². The molecule has 1 amide bonds. The number of aromatic carboxylic acids is 1. The van der Waals surface area contributed by atoms with E-state index in [0.717, 1.165) is 0 Å². The molecule has 0 atom stereocenters. The van der Waals surface area contributed by atoms with Crippen molar-refractivity contribution in [3.63, 3.8) is 0 Å². The van der Waals surface area contributed by atoms with Crippen molar-refractivity contribution in [3.05, 3.63) is 23.2 Å². The van der Waals surface area contributed by atoms with Gasteiger partial charge in [0.2, 0.25) is 5.91 Å². The minimum absolute atomic E-state index is 0.0189. The van der Waals surface area contributed by atoms with Gasteiger partial charge >= 0.3 is 5.97 Å². The Morgan fingerprint density at radius 3 is 2.53 bits per heavy atom. The fraction of sp³-hybridized carbons (Fsp3) is 0.455. The number of carbonyl (C=O) groups is 2. The van der Waals surface area contributed by atoms with Crippen molar-refractivity contribution in [1.29, 1.82) is 0 Å². The summed E-state index contributed by atoms with van der Waals surface area (Å²) in [6, 6.07) is 1.30. The van der Waals surface area contributed by atoms with Gasteiger partial charge in [0.25, 0.3) is 0 Å². The number of furan rings is 1. The van der Waals surface area contributed by atoms with Crippen molar-refractivity contribution in [2.45, 2.75) is 20.4 Å². The van der Waals surface area contributed by atoms with E-state index in [0.29, 0.717) is 0 Å². The normalized spacial score (nSPS) is 11.3. The van der Waals surface area contributed by atoms with Gasteiger partial charge in [-0.15, -0.1) is 0 Å². The SMILES string of the molecule is CCS(=O)(=O)CC(=O)NCc1cc(C(=O)O)c(C)o1. The molecule has 8 heteroatoms. The first-order chi connectivity index (χ1) is 8.75. The zero-order valence-electron chi connectivity index (χ0n) is 10.6. The van der Waals surface area contributed by atoms with Crippen LogP contribution < -0.4 is 5.32 Å². The first kappa shape index (κ1) is 15.2. The number of aryl methyl sites for hydroxylation is 1. The number of amides is 1. The van der Waals surface area contributed by atoms with Crippen LogP contribution >= 0.6 is 0 Å². The van der Waals surface area contributed by atoms with Gasteiger partial charge in [0.1, 0.15) is 22.8 Å². The van der Waals surface area contributed by atoms with Crippen molar-refractivity contribution in [2.75, 3.05) is 11.5 Å². The molecule has 0 saturated carbocycles. The second kappa shape index (κ2) is 5.87. The van der Waals surface area contributed by atoms with Crippen LogP contribution in [0.1, 0.15) is 28.8 Å². The summed E-state index contributed by atoms with van der Waals surface area (Å²) < 4.78 is 27.6. The van der Waals surface area contributed by atoms with Gasteiger partial charge < -0.3 is 14.8 Å². The Morgan fingerprint density at radius 1 is 1.42 bits per heavy atom. The van der Waals surface area contributed by atoms with Gasteiger partial charge in [-0.25, -0.2) is 13.2 Å². The number of nitrogens with one attached hydrogen (secondary N) is 1. The van der Waals surface area contributed by atoms with Gasteiger partial charge in [0.05, 0.1) is 6.54 Å². The average molecular weight is 289 g/mol. The summed E-state index contributed by atoms with van der Waals surface area (Å²) in [6.45, 7) is 2.90. The maximum Gasteiger partial charge on any atom is 0.339 e. The third-order valence-corrected chi connectivity index (χ3v) is 4.03. The van der Waals surface area contributed by atoms with Gasteiger partial charge in [-0.2, -0.15) is 0 Å². The molecule has 0 bridgehead atoms. The number of carboxylic acid groups (broad SMARTS) is 1. The lowest BCUT2D eigenvalue weighted by Gasteiger charge is -2.02. The van der Waals surface area contributed by atoms with Crippen molar-refractivity contribution < 1.29 is 27.5 Å². The van der Waals surface area contributed by atoms with Crippen LogP contribution in [0.2, 0.25) is 0 Å². The Bertz CT molecular complexity index is 586. The van der Waals surface area contributed by atoms with Crippen molar-refractivity contribution in [3.8, 4) is 0 Å². The van der Waals surface area contributed by atoms with Crippen LogP contribution in [0.4, 0.5) is 0 Å². The van der Waals surface area contributed by atoms with Gasteiger partial charge in [0.15, 0.2) is 9.84 Å². The Balaban J connectivity index is 2.60. The minimum Gasteiger partial charge on any atom is -0.478 e. The lowest BCUT2D eigenvalue weighted by atomic mass is 10.2. The number of carbonyl (C=O) groups excluding carboxylic acids is 1. The van der Waals surface area contributed by atoms with Crippen LogP contribution in [0, 0.1) is 6.92 Å². The molecule has 0 aliphatic carbocycles. The molecule has 1 aromatic rings. The van der Waals surface area contributed by atoms with Gasteiger partial charge in [-0.1, -0.05) is 6.92 Å². The molecule has 0 radical (unpaired) electrons. The zero-order valence-corrected chi connectivity index (χ0v) is 11.4. The molecule has 19 heavy (non-hydrogen) atoms. The highest BCUT2D eigenvalue weighted by atomic mass is 32.2. The smallest absolute Gasteiger partial charge is 0.339 e. The monoisotopic (exact) mass is 289 g/mol. The molecular weight excluding hydrogens is 274 g/mol. The fourth-order valence-corrected chi connectivity index (χ4v) is 2.09. The molecule has 1 heterocycles. The fourth-order valence-electron chi connectivity index (χ4n) is 1.38. The molecule has 7 nitrogen and oxygen atoms in total. The third kappa shape index (κ3) is 4.40. The summed E-state index contributed by atoms with van der Waals surface area (Å²) in [4.78, 5) is 22.1. The van der Waals surface area contributed by atoms with Crippen LogP contribution in [0.3, 0.4) is 0 Å². The molecule has 0 aromatic carbocycles. The predicted molar refractivity (Wildman–Crippen MR) is 66.6 cm³/mol. The molecule has 2 N–H and O–H groups in total. The van der Waals surface area contributed by atoms with Crippen molar-refractivity contribution >= 4 is 21.7 Å². The maximum atomic E-state index is 11.4. The summed E-state index contributed by atoms with van der Waals surface area (Å²) in [7, 11) is -3.38. The van der Waals surface area contributed by atoms with E-state index in [1.54, 1.807) is 0 Å². The van der Waals surface area contributed by atoms with Crippen LogP contribution in [0.25, 0.3) is 0 Å². The van der Waals surface area contributed by atoms with Gasteiger partial charge in [-0.05, 0) is 13.0 Å². The lowest BCUT2D eigenvalue weighted by Crippen LogP contribution is -2.30. The van der Waals surface area contributed by atoms with Crippen molar-refractivity contribution in [2.24, 2.45) is 0 Å². The molecule has 1 aromatic heterocycles. The first-order valence-corrected chi connectivity index (χ1v) is 7.37. The molecule has 0 aliphatic heterocycles. The standard InChI is InChI=1S/C11H15NO6S/c1-3-19(16,17)6-10(13)12-5-8-4-9(11(14)15)7(2)18-8/h4H,3,5-6H2,1-2H3,(H,12,13)(H,14,15). The topological polar surface area (TPSA) is 114 Å². The van der Waals surface area contributed by atoms with Crippen LogP contribution in [-0.4, -0.2) is 36.9 Å². The van der Waals surface area contributed by atoms with E-state index in [4.69, 9.17) is 9.52 Å². The highest BCUT2D eigenvalue weighted by molar-refractivity contribution is 7.92. The van der Waals surface area contributed by atoms with E-state index in [-0.39, 0.29) is 29.4 Å². The summed E-state index contributed by atoms with van der Waals surface area (Å²) in [5.41, 5.74) is 0.0189. The Morgan fingerprint density at radius 2 is 2.05 bits per heavy atom. The quantitative estimate of drug-likeness (QED) is 0.780. The summed E-state index contributed by atoms with van der Waals surface area (Å²) >= 11 is 0. The molecule has 0 saturated heterocycles. The molecule has 0 aliphatic rings. The van der Waals surface area contributed by atoms with E-state index in [1.807, 2.05) is 0 Å². The third-order valence-electron chi connectivity index (χ3n) is 2.45. The Hall–Kier alpha value is -1.83. The van der Waals surface area contributed by atoms with E-state index in [9.17, 15) is 18.0 Å². The first-order valence-electron chi connectivity index (χ1n) is 5.55. The Labute approximate surface area is 110 Å². The van der Waals surface area contributed by atoms with Gasteiger partial charge in [-0.3, -0.25) is 4.79 Å². The van der Waals surface area contributed by atoms with E-state index >= 15 is 0 Å².